The molecule has 2 fully saturated rings. The van der Waals surface area contributed by atoms with Crippen molar-refractivity contribution in [2.75, 3.05) is 32.4 Å². The van der Waals surface area contributed by atoms with Crippen LogP contribution in [0.4, 0.5) is 0 Å². The molecule has 0 saturated carbocycles. The molecule has 1 N–H and O–H groups in total. The van der Waals surface area contributed by atoms with E-state index in [1.54, 1.807) is 0 Å². The summed E-state index contributed by atoms with van der Waals surface area (Å²) in [7, 11) is -0.797. The van der Waals surface area contributed by atoms with Crippen LogP contribution in [-0.4, -0.2) is 56.5 Å². The molecule has 2 atom stereocenters. The van der Waals surface area contributed by atoms with Crippen LogP contribution >= 0.6 is 0 Å². The lowest BCUT2D eigenvalue weighted by molar-refractivity contribution is 0.126. The third-order valence-corrected chi connectivity index (χ3v) is 7.10. The average molecular weight is 246 g/mol. The second-order valence-corrected chi connectivity index (χ2v) is 8.26. The summed E-state index contributed by atoms with van der Waals surface area (Å²) in [5, 5.41) is 3.37. The Kier molecular flexibility index (Phi) is 3.05. The highest BCUT2D eigenvalue weighted by Gasteiger charge is 2.51. The van der Waals surface area contributed by atoms with Crippen LogP contribution in [0.5, 0.6) is 0 Å². The molecule has 4 nitrogen and oxygen atoms in total. The Balaban J connectivity index is 2.22. The summed E-state index contributed by atoms with van der Waals surface area (Å²) >= 11 is 0. The van der Waals surface area contributed by atoms with Crippen molar-refractivity contribution in [2.45, 2.75) is 31.1 Å². The van der Waals surface area contributed by atoms with Crippen LogP contribution < -0.4 is 5.32 Å². The van der Waals surface area contributed by atoms with Crippen LogP contribution in [0.2, 0.25) is 0 Å². The number of nitrogens with zero attached hydrogens (tertiary/aromatic N) is 1. The molecule has 94 valence electrons. The van der Waals surface area contributed by atoms with Crippen molar-refractivity contribution in [2.24, 2.45) is 5.92 Å². The molecule has 16 heavy (non-hydrogen) atoms. The highest BCUT2D eigenvalue weighted by atomic mass is 32.2. The highest BCUT2D eigenvalue weighted by molar-refractivity contribution is 7.93. The number of nitrogens with one attached hydrogen (secondary N) is 1. The van der Waals surface area contributed by atoms with E-state index in [2.05, 4.69) is 17.3 Å². The van der Waals surface area contributed by atoms with E-state index in [1.807, 2.05) is 13.8 Å². The molecule has 2 aliphatic heterocycles. The largest absolute Gasteiger partial charge is 0.314 e. The summed E-state index contributed by atoms with van der Waals surface area (Å²) in [5.41, 5.74) is 0. The zero-order valence-electron chi connectivity index (χ0n) is 10.4. The summed E-state index contributed by atoms with van der Waals surface area (Å²) in [6.45, 7) is 6.72. The minimum atomic E-state index is -2.90. The van der Waals surface area contributed by atoms with E-state index in [9.17, 15) is 8.42 Å². The molecule has 0 aromatic carbocycles. The van der Waals surface area contributed by atoms with Crippen molar-refractivity contribution in [1.29, 1.82) is 0 Å². The third-order valence-electron chi connectivity index (χ3n) is 4.42. The normalized spacial score (nSPS) is 38.7. The first-order valence-electron chi connectivity index (χ1n) is 5.99. The van der Waals surface area contributed by atoms with Gasteiger partial charge in [-0.3, -0.25) is 0 Å². The number of piperazine rings is 1. The molecule has 0 aliphatic carbocycles. The summed E-state index contributed by atoms with van der Waals surface area (Å²) in [6.07, 6.45) is 0.812. The number of hydrogen-bond acceptors (Lipinski definition) is 4. The molecule has 0 bridgehead atoms. The molecule has 0 aromatic heterocycles. The minimum absolute atomic E-state index is 0.260. The van der Waals surface area contributed by atoms with E-state index < -0.39 is 14.6 Å². The number of hydrogen-bond donors (Lipinski definition) is 1. The molecular weight excluding hydrogens is 224 g/mol. The van der Waals surface area contributed by atoms with E-state index in [4.69, 9.17) is 0 Å². The summed E-state index contributed by atoms with van der Waals surface area (Å²) in [4.78, 5) is 2.31. The lowest BCUT2D eigenvalue weighted by Gasteiger charge is -2.41. The van der Waals surface area contributed by atoms with Gasteiger partial charge < -0.3 is 10.2 Å². The summed E-state index contributed by atoms with van der Waals surface area (Å²) in [5.74, 6) is 0.616. The van der Waals surface area contributed by atoms with E-state index in [-0.39, 0.29) is 5.92 Å². The van der Waals surface area contributed by atoms with E-state index >= 15 is 0 Å². The predicted octanol–water partition coefficient (Wildman–Crippen LogP) is 0.103. The molecular formula is C11H22N2O2S. The van der Waals surface area contributed by atoms with Crippen molar-refractivity contribution in [3.05, 3.63) is 0 Å². The minimum Gasteiger partial charge on any atom is -0.314 e. The van der Waals surface area contributed by atoms with Gasteiger partial charge in [-0.05, 0) is 33.2 Å². The summed E-state index contributed by atoms with van der Waals surface area (Å²) < 4.78 is 23.4. The van der Waals surface area contributed by atoms with Gasteiger partial charge in [0.15, 0.2) is 9.84 Å². The Morgan fingerprint density at radius 3 is 2.56 bits per heavy atom. The second kappa shape index (κ2) is 3.96. The molecule has 0 radical (unpaired) electrons. The number of likely N-dealkylation sites (N-methyl/N-ethyl adjacent to an activating group) is 1. The van der Waals surface area contributed by atoms with Crippen LogP contribution in [0.1, 0.15) is 20.3 Å². The molecule has 0 amide bonds. The lowest BCUT2D eigenvalue weighted by atomic mass is 9.84. The molecule has 0 spiro atoms. The van der Waals surface area contributed by atoms with Crippen molar-refractivity contribution in [1.82, 2.24) is 10.2 Å². The van der Waals surface area contributed by atoms with Gasteiger partial charge in [-0.15, -0.1) is 0 Å². The lowest BCUT2D eigenvalue weighted by Crippen LogP contribution is -2.56. The maximum Gasteiger partial charge on any atom is 0.155 e. The first-order chi connectivity index (χ1) is 7.36. The number of sulfone groups is 1. The fourth-order valence-corrected chi connectivity index (χ4v) is 4.88. The monoisotopic (exact) mass is 246 g/mol. The highest BCUT2D eigenvalue weighted by Crippen LogP contribution is 2.40. The average Bonchev–Trinajstić information content (AvgIpc) is 2.39. The van der Waals surface area contributed by atoms with Crippen molar-refractivity contribution in [3.63, 3.8) is 0 Å². The Labute approximate surface area is 98.3 Å². The molecule has 2 rings (SSSR count). The maximum absolute atomic E-state index is 12.0. The fraction of sp³-hybridized carbons (Fsp3) is 1.00. The van der Waals surface area contributed by atoms with Crippen LogP contribution in [-0.2, 0) is 9.84 Å². The Bertz CT molecular complexity index is 364. The molecule has 2 saturated heterocycles. The van der Waals surface area contributed by atoms with Crippen LogP contribution in [0, 0.1) is 5.92 Å². The van der Waals surface area contributed by atoms with Crippen LogP contribution in [0.25, 0.3) is 0 Å². The van der Waals surface area contributed by atoms with Crippen LogP contribution in [0.3, 0.4) is 0 Å². The Morgan fingerprint density at radius 2 is 2.06 bits per heavy atom. The van der Waals surface area contributed by atoms with E-state index in [0.29, 0.717) is 11.8 Å². The predicted molar refractivity (Wildman–Crippen MR) is 65.3 cm³/mol. The maximum atomic E-state index is 12.0. The standard InChI is InChI=1S/C11H22N2O2S/c1-11(2)9(4-7-16(11,14)15)10-8-12-5-6-13(10)3/h9-10,12H,4-8H2,1-3H3. The zero-order valence-corrected chi connectivity index (χ0v) is 11.2. The van der Waals surface area contributed by atoms with Gasteiger partial charge in [-0.1, -0.05) is 0 Å². The third kappa shape index (κ3) is 1.79. The van der Waals surface area contributed by atoms with Gasteiger partial charge in [0.2, 0.25) is 0 Å². The van der Waals surface area contributed by atoms with Gasteiger partial charge in [-0.25, -0.2) is 8.42 Å². The molecule has 2 unspecified atom stereocenters. The van der Waals surface area contributed by atoms with Gasteiger partial charge in [0.05, 0.1) is 10.5 Å². The van der Waals surface area contributed by atoms with Gasteiger partial charge >= 0.3 is 0 Å². The van der Waals surface area contributed by atoms with E-state index in [0.717, 1.165) is 26.1 Å². The van der Waals surface area contributed by atoms with Crippen molar-refractivity contribution >= 4 is 9.84 Å². The van der Waals surface area contributed by atoms with Crippen molar-refractivity contribution in [3.8, 4) is 0 Å². The molecule has 2 aliphatic rings. The van der Waals surface area contributed by atoms with E-state index in [1.165, 1.54) is 0 Å². The van der Waals surface area contributed by atoms with Gasteiger partial charge in [0.25, 0.3) is 0 Å². The first-order valence-corrected chi connectivity index (χ1v) is 7.65. The SMILES string of the molecule is CN1CCNCC1C1CCS(=O)(=O)C1(C)C. The topological polar surface area (TPSA) is 49.4 Å². The summed E-state index contributed by atoms with van der Waals surface area (Å²) in [6, 6.07) is 0.362. The fourth-order valence-electron chi connectivity index (χ4n) is 3.06. The van der Waals surface area contributed by atoms with Crippen LogP contribution in [0.15, 0.2) is 0 Å². The molecule has 2 heterocycles. The number of rotatable bonds is 1. The quantitative estimate of drug-likeness (QED) is 0.713. The van der Waals surface area contributed by atoms with Gasteiger partial charge in [0.1, 0.15) is 0 Å². The Hall–Kier alpha value is -0.130. The Morgan fingerprint density at radius 1 is 1.38 bits per heavy atom. The smallest absolute Gasteiger partial charge is 0.155 e. The van der Waals surface area contributed by atoms with Crippen molar-refractivity contribution < 1.29 is 8.42 Å². The molecule has 0 aromatic rings. The first kappa shape index (κ1) is 12.3. The van der Waals surface area contributed by atoms with Gasteiger partial charge in [-0.2, -0.15) is 0 Å². The second-order valence-electron chi connectivity index (χ2n) is 5.57. The van der Waals surface area contributed by atoms with Gasteiger partial charge in [0, 0.05) is 25.7 Å². The molecule has 5 heteroatoms. The zero-order chi connectivity index (χ0) is 12.0.